The fourth-order valence-corrected chi connectivity index (χ4v) is 3.80. The van der Waals surface area contributed by atoms with E-state index in [1.54, 1.807) is 0 Å². The number of thioether (sulfide) groups is 1. The van der Waals surface area contributed by atoms with Crippen molar-refractivity contribution in [1.82, 2.24) is 10.3 Å². The maximum atomic E-state index is 11.4. The molecular weight excluding hydrogens is 250 g/mol. The number of rotatable bonds is 3. The van der Waals surface area contributed by atoms with Gasteiger partial charge in [-0.1, -0.05) is 6.92 Å². The molecule has 0 aromatic carbocycles. The van der Waals surface area contributed by atoms with Crippen molar-refractivity contribution in [3.63, 3.8) is 0 Å². The van der Waals surface area contributed by atoms with Crippen molar-refractivity contribution in [2.75, 3.05) is 18.8 Å². The molecule has 0 spiro atoms. The SMILES string of the molecule is CC1SCCN(CC2CCC(C(=O)NN)O2)C1C. The summed E-state index contributed by atoms with van der Waals surface area (Å²) in [5, 5.41) is 0.670. The van der Waals surface area contributed by atoms with Crippen molar-refractivity contribution in [3.8, 4) is 0 Å². The van der Waals surface area contributed by atoms with Gasteiger partial charge in [0.05, 0.1) is 6.10 Å². The number of amides is 1. The van der Waals surface area contributed by atoms with Gasteiger partial charge in [-0.05, 0) is 19.8 Å². The molecule has 6 heteroatoms. The van der Waals surface area contributed by atoms with Crippen molar-refractivity contribution >= 4 is 17.7 Å². The van der Waals surface area contributed by atoms with Crippen LogP contribution < -0.4 is 11.3 Å². The van der Waals surface area contributed by atoms with Crippen LogP contribution in [0.25, 0.3) is 0 Å². The lowest BCUT2D eigenvalue weighted by molar-refractivity contribution is -0.132. The number of nitrogens with two attached hydrogens (primary N) is 1. The second-order valence-electron chi connectivity index (χ2n) is 5.14. The van der Waals surface area contributed by atoms with E-state index < -0.39 is 0 Å². The number of hydrazine groups is 1. The maximum Gasteiger partial charge on any atom is 0.263 e. The van der Waals surface area contributed by atoms with Crippen LogP contribution in [0.2, 0.25) is 0 Å². The third-order valence-corrected chi connectivity index (χ3v) is 5.33. The molecule has 0 aliphatic carbocycles. The highest BCUT2D eigenvalue weighted by Gasteiger charge is 2.33. The number of nitrogens with one attached hydrogen (secondary N) is 1. The fraction of sp³-hybridized carbons (Fsp3) is 0.917. The minimum absolute atomic E-state index is 0.171. The Balaban J connectivity index is 1.82. The first-order valence-corrected chi connectivity index (χ1v) is 7.68. The summed E-state index contributed by atoms with van der Waals surface area (Å²) >= 11 is 2.03. The topological polar surface area (TPSA) is 67.6 Å². The molecule has 2 fully saturated rings. The van der Waals surface area contributed by atoms with E-state index in [1.807, 2.05) is 11.8 Å². The van der Waals surface area contributed by atoms with Crippen LogP contribution >= 0.6 is 11.8 Å². The van der Waals surface area contributed by atoms with Crippen LogP contribution in [0.1, 0.15) is 26.7 Å². The number of hydrogen-bond donors (Lipinski definition) is 2. The standard InChI is InChI=1S/C12H23N3O2S/c1-8-9(2)18-6-5-15(8)7-10-3-4-11(17-10)12(16)14-13/h8-11H,3-7,13H2,1-2H3,(H,14,16). The van der Waals surface area contributed by atoms with Gasteiger partial charge in [0.2, 0.25) is 0 Å². The average molecular weight is 273 g/mol. The first-order valence-electron chi connectivity index (χ1n) is 6.63. The van der Waals surface area contributed by atoms with Crippen LogP contribution in [0, 0.1) is 0 Å². The summed E-state index contributed by atoms with van der Waals surface area (Å²) in [5.41, 5.74) is 2.17. The first kappa shape index (κ1) is 14.1. The Morgan fingerprint density at radius 1 is 1.50 bits per heavy atom. The zero-order valence-corrected chi connectivity index (χ0v) is 11.9. The Kier molecular flexibility index (Phi) is 4.89. The van der Waals surface area contributed by atoms with Gasteiger partial charge in [0.1, 0.15) is 6.10 Å². The molecule has 4 unspecified atom stereocenters. The van der Waals surface area contributed by atoms with E-state index in [0.717, 1.165) is 25.9 Å². The maximum absolute atomic E-state index is 11.4. The average Bonchev–Trinajstić information content (AvgIpc) is 2.82. The lowest BCUT2D eigenvalue weighted by Gasteiger charge is -2.38. The molecule has 2 aliphatic heterocycles. The Hall–Kier alpha value is -0.300. The van der Waals surface area contributed by atoms with E-state index in [0.29, 0.717) is 11.3 Å². The summed E-state index contributed by atoms with van der Waals surface area (Å²) in [6, 6.07) is 0.578. The van der Waals surface area contributed by atoms with Gasteiger partial charge in [0, 0.05) is 30.1 Å². The normalized spacial score (nSPS) is 37.7. The van der Waals surface area contributed by atoms with Gasteiger partial charge >= 0.3 is 0 Å². The quantitative estimate of drug-likeness (QED) is 0.441. The van der Waals surface area contributed by atoms with Gasteiger partial charge in [0.25, 0.3) is 5.91 Å². The lowest BCUT2D eigenvalue weighted by atomic mass is 10.1. The Morgan fingerprint density at radius 2 is 2.28 bits per heavy atom. The minimum Gasteiger partial charge on any atom is -0.364 e. The summed E-state index contributed by atoms with van der Waals surface area (Å²) in [5.74, 6) is 6.11. The molecule has 0 saturated carbocycles. The van der Waals surface area contributed by atoms with E-state index in [1.165, 1.54) is 5.75 Å². The van der Waals surface area contributed by atoms with Crippen molar-refractivity contribution in [2.45, 2.75) is 50.2 Å². The van der Waals surface area contributed by atoms with E-state index in [-0.39, 0.29) is 18.1 Å². The molecule has 0 bridgehead atoms. The molecular formula is C12H23N3O2S. The summed E-state index contributed by atoms with van der Waals surface area (Å²) < 4.78 is 5.76. The number of ether oxygens (including phenoxy) is 1. The van der Waals surface area contributed by atoms with E-state index in [2.05, 4.69) is 24.2 Å². The predicted molar refractivity (Wildman–Crippen MR) is 73.2 cm³/mol. The molecule has 2 rings (SSSR count). The lowest BCUT2D eigenvalue weighted by Crippen LogP contribution is -2.48. The molecule has 1 amide bonds. The first-order chi connectivity index (χ1) is 8.61. The van der Waals surface area contributed by atoms with Gasteiger partial charge in [-0.15, -0.1) is 0 Å². The van der Waals surface area contributed by atoms with Crippen molar-refractivity contribution in [3.05, 3.63) is 0 Å². The molecule has 2 saturated heterocycles. The highest BCUT2D eigenvalue weighted by molar-refractivity contribution is 8.00. The molecule has 3 N–H and O–H groups in total. The zero-order chi connectivity index (χ0) is 13.1. The second kappa shape index (κ2) is 6.23. The smallest absolute Gasteiger partial charge is 0.263 e. The van der Waals surface area contributed by atoms with Gasteiger partial charge in [-0.3, -0.25) is 15.1 Å². The summed E-state index contributed by atoms with van der Waals surface area (Å²) in [7, 11) is 0. The van der Waals surface area contributed by atoms with Crippen LogP contribution in [0.5, 0.6) is 0 Å². The van der Waals surface area contributed by atoms with E-state index >= 15 is 0 Å². The van der Waals surface area contributed by atoms with Crippen molar-refractivity contribution < 1.29 is 9.53 Å². The Morgan fingerprint density at radius 3 is 3.00 bits per heavy atom. The minimum atomic E-state index is -0.355. The highest BCUT2D eigenvalue weighted by Crippen LogP contribution is 2.27. The van der Waals surface area contributed by atoms with Crippen molar-refractivity contribution in [2.24, 2.45) is 5.84 Å². The second-order valence-corrected chi connectivity index (χ2v) is 6.63. The van der Waals surface area contributed by atoms with Crippen LogP contribution in [0.4, 0.5) is 0 Å². The zero-order valence-electron chi connectivity index (χ0n) is 11.1. The Bertz CT molecular complexity index is 303. The molecule has 0 radical (unpaired) electrons. The van der Waals surface area contributed by atoms with Gasteiger partial charge in [-0.25, -0.2) is 5.84 Å². The Labute approximate surface area is 113 Å². The van der Waals surface area contributed by atoms with Crippen LogP contribution in [-0.4, -0.2) is 53.1 Å². The van der Waals surface area contributed by atoms with E-state index in [4.69, 9.17) is 10.6 Å². The van der Waals surface area contributed by atoms with Crippen molar-refractivity contribution in [1.29, 1.82) is 0 Å². The van der Waals surface area contributed by atoms with Crippen LogP contribution in [0.15, 0.2) is 0 Å². The summed E-state index contributed by atoms with van der Waals surface area (Å²) in [4.78, 5) is 13.9. The highest BCUT2D eigenvalue weighted by atomic mass is 32.2. The molecule has 0 aromatic heterocycles. The number of carbonyl (C=O) groups excluding carboxylic acids is 1. The largest absolute Gasteiger partial charge is 0.364 e. The molecule has 2 heterocycles. The molecule has 18 heavy (non-hydrogen) atoms. The molecule has 2 aliphatic rings. The van der Waals surface area contributed by atoms with E-state index in [9.17, 15) is 4.79 Å². The third-order valence-electron chi connectivity index (χ3n) is 3.99. The van der Waals surface area contributed by atoms with Gasteiger partial charge < -0.3 is 4.74 Å². The third kappa shape index (κ3) is 3.17. The molecule has 5 nitrogen and oxygen atoms in total. The monoisotopic (exact) mass is 273 g/mol. The predicted octanol–water partition coefficient (Wildman–Crippen LogP) is 0.350. The molecule has 104 valence electrons. The van der Waals surface area contributed by atoms with Crippen LogP contribution in [0.3, 0.4) is 0 Å². The van der Waals surface area contributed by atoms with Gasteiger partial charge in [-0.2, -0.15) is 11.8 Å². The number of hydrogen-bond acceptors (Lipinski definition) is 5. The van der Waals surface area contributed by atoms with Crippen LogP contribution in [-0.2, 0) is 9.53 Å². The fourth-order valence-electron chi connectivity index (χ4n) is 2.64. The summed E-state index contributed by atoms with van der Waals surface area (Å²) in [6.45, 7) is 6.60. The number of carbonyl (C=O) groups is 1. The summed E-state index contributed by atoms with van der Waals surface area (Å²) in [6.07, 6.45) is 1.54. The number of nitrogens with zero attached hydrogens (tertiary/aromatic N) is 1. The molecule has 0 aromatic rings. The molecule has 4 atom stereocenters. The van der Waals surface area contributed by atoms with Gasteiger partial charge in [0.15, 0.2) is 0 Å².